The number of alkyl halides is 3. The minimum Gasteiger partial charge on any atom is -0.404 e. The van der Waals surface area contributed by atoms with E-state index in [1.807, 2.05) is 4.90 Å². The number of fused-ring (bicyclic) bond motifs is 1. The minimum absolute atomic E-state index is 0.264. The van der Waals surface area contributed by atoms with Crippen molar-refractivity contribution in [2.75, 3.05) is 18.0 Å². The zero-order valence-electron chi connectivity index (χ0n) is 15.5. The second-order valence-corrected chi connectivity index (χ2v) is 6.80. The summed E-state index contributed by atoms with van der Waals surface area (Å²) in [7, 11) is 0. The van der Waals surface area contributed by atoms with Crippen molar-refractivity contribution in [2.45, 2.75) is 12.6 Å². The second-order valence-electron chi connectivity index (χ2n) is 6.56. The highest BCUT2D eigenvalue weighted by molar-refractivity contribution is 7.79. The van der Waals surface area contributed by atoms with Crippen LogP contribution in [-0.2, 0) is 6.18 Å². The van der Waals surface area contributed by atoms with Crippen LogP contribution in [0.5, 0.6) is 0 Å². The van der Waals surface area contributed by atoms with Crippen molar-refractivity contribution in [3.63, 3.8) is 0 Å². The maximum atomic E-state index is 13.1. The van der Waals surface area contributed by atoms with Gasteiger partial charge in [0.25, 0.3) is 0 Å². The monoisotopic (exact) mass is 431 g/mol. The van der Waals surface area contributed by atoms with E-state index in [0.717, 1.165) is 36.5 Å². The lowest BCUT2D eigenvalue weighted by Crippen LogP contribution is -2.31. The molecule has 0 unspecified atom stereocenters. The van der Waals surface area contributed by atoms with Crippen LogP contribution < -0.4 is 10.6 Å². The first kappa shape index (κ1) is 20.0. The number of hydrogen-bond acceptors (Lipinski definition) is 7. The lowest BCUT2D eigenvalue weighted by atomic mass is 10.0. The maximum absolute atomic E-state index is 13.1. The lowest BCUT2D eigenvalue weighted by molar-refractivity contribution is -0.141. The minimum atomic E-state index is -4.56. The van der Waals surface area contributed by atoms with Crippen LogP contribution in [0.25, 0.3) is 17.2 Å². The van der Waals surface area contributed by atoms with Gasteiger partial charge < -0.3 is 10.6 Å². The Morgan fingerprint density at radius 1 is 1.20 bits per heavy atom. The number of rotatable bonds is 4. The van der Waals surface area contributed by atoms with Crippen LogP contribution in [0.15, 0.2) is 54.3 Å². The first-order valence-corrected chi connectivity index (χ1v) is 9.43. The molecule has 154 valence electrons. The van der Waals surface area contributed by atoms with Crippen LogP contribution in [-0.4, -0.2) is 42.8 Å². The third kappa shape index (κ3) is 3.75. The van der Waals surface area contributed by atoms with E-state index < -0.39 is 11.9 Å². The molecule has 1 aliphatic heterocycles. The average Bonchev–Trinajstić information content (AvgIpc) is 3.18. The fraction of sp³-hybridized carbons (Fsp3) is 0.211. The molecule has 0 fully saturated rings. The topological polar surface area (TPSA) is 85.2 Å². The molecule has 0 atom stereocenters. The summed E-state index contributed by atoms with van der Waals surface area (Å²) in [5.74, 6) is 0.909. The highest BCUT2D eigenvalue weighted by atomic mass is 32.1. The Kier molecular flexibility index (Phi) is 5.20. The molecule has 0 aromatic carbocycles. The molecule has 0 spiro atoms. The predicted octanol–water partition coefficient (Wildman–Crippen LogP) is 3.18. The van der Waals surface area contributed by atoms with Crippen LogP contribution in [0.2, 0.25) is 0 Å². The van der Waals surface area contributed by atoms with Crippen molar-refractivity contribution in [3.05, 3.63) is 60.0 Å². The highest BCUT2D eigenvalue weighted by Gasteiger charge is 2.33. The first-order valence-electron chi connectivity index (χ1n) is 8.96. The smallest absolute Gasteiger partial charge is 0.404 e. The Balaban J connectivity index is 1.69. The molecule has 2 N–H and O–H groups in total. The molecule has 4 rings (SSSR count). The summed E-state index contributed by atoms with van der Waals surface area (Å²) in [5.41, 5.74) is 7.01. The molecule has 30 heavy (non-hydrogen) atoms. The molecule has 3 aromatic heterocycles. The molecule has 0 bridgehead atoms. The van der Waals surface area contributed by atoms with E-state index in [-0.39, 0.29) is 11.5 Å². The number of anilines is 1. The molecule has 4 heterocycles. The summed E-state index contributed by atoms with van der Waals surface area (Å²) in [6.45, 7) is 1.28. The van der Waals surface area contributed by atoms with Gasteiger partial charge in [-0.15, -0.1) is 0 Å². The molecule has 11 heteroatoms. The highest BCUT2D eigenvalue weighted by Crippen LogP contribution is 2.29. The third-order valence-electron chi connectivity index (χ3n) is 4.71. The van der Waals surface area contributed by atoms with E-state index in [9.17, 15) is 13.2 Å². The van der Waals surface area contributed by atoms with E-state index in [0.29, 0.717) is 18.1 Å². The standard InChI is InChI=1S/C19H16F3N7S/c20-19(21,22)15-10-29-14(7-26-17(29)8-25-15)18-24-4-3-16(27-18)28-5-1-2-12(9-28)13(6-23)11-30/h2-4,6-8,10-11H,1,5,9,23H2/b13-6+. The Morgan fingerprint density at radius 2 is 2.03 bits per heavy atom. The molecule has 0 radical (unpaired) electrons. The van der Waals surface area contributed by atoms with Crippen LogP contribution in [0.3, 0.4) is 0 Å². The van der Waals surface area contributed by atoms with E-state index in [2.05, 4.69) is 26.0 Å². The van der Waals surface area contributed by atoms with E-state index >= 15 is 0 Å². The Bertz CT molecular complexity index is 1170. The zero-order chi connectivity index (χ0) is 21.3. The molecule has 3 aromatic rings. The molecule has 0 saturated heterocycles. The molecular formula is C19H16F3N7S. The zero-order valence-corrected chi connectivity index (χ0v) is 16.4. The van der Waals surface area contributed by atoms with Gasteiger partial charge in [-0.2, -0.15) is 13.2 Å². The quantitative estimate of drug-likeness (QED) is 0.502. The molecule has 0 saturated carbocycles. The largest absolute Gasteiger partial charge is 0.434 e. The summed E-state index contributed by atoms with van der Waals surface area (Å²) in [6.07, 6.45) is 4.74. The number of thiocarbonyl (C=S) groups is 1. The predicted molar refractivity (Wildman–Crippen MR) is 110 cm³/mol. The summed E-state index contributed by atoms with van der Waals surface area (Å²) >= 11 is 5.01. The van der Waals surface area contributed by atoms with Gasteiger partial charge in [0, 0.05) is 42.6 Å². The summed E-state index contributed by atoms with van der Waals surface area (Å²) < 4.78 is 40.5. The van der Waals surface area contributed by atoms with Crippen molar-refractivity contribution in [1.82, 2.24) is 24.3 Å². The summed E-state index contributed by atoms with van der Waals surface area (Å²) in [5, 5.41) is 1.53. The summed E-state index contributed by atoms with van der Waals surface area (Å²) in [4.78, 5) is 18.4. The molecule has 0 amide bonds. The fourth-order valence-electron chi connectivity index (χ4n) is 3.22. The maximum Gasteiger partial charge on any atom is 0.434 e. The van der Waals surface area contributed by atoms with Gasteiger partial charge in [0.05, 0.1) is 12.4 Å². The van der Waals surface area contributed by atoms with E-state index in [1.165, 1.54) is 22.2 Å². The molecule has 7 nitrogen and oxygen atoms in total. The van der Waals surface area contributed by atoms with Gasteiger partial charge in [0.2, 0.25) is 0 Å². The van der Waals surface area contributed by atoms with E-state index in [1.54, 1.807) is 12.3 Å². The van der Waals surface area contributed by atoms with Crippen molar-refractivity contribution in [3.8, 4) is 11.5 Å². The van der Waals surface area contributed by atoms with Crippen LogP contribution in [0.1, 0.15) is 12.1 Å². The molecular weight excluding hydrogens is 415 g/mol. The van der Waals surface area contributed by atoms with Gasteiger partial charge in [-0.25, -0.2) is 19.9 Å². The first-order chi connectivity index (χ1) is 14.4. The normalized spacial score (nSPS) is 15.4. The van der Waals surface area contributed by atoms with Crippen LogP contribution >= 0.6 is 12.2 Å². The van der Waals surface area contributed by atoms with Gasteiger partial charge in [0.15, 0.2) is 17.2 Å². The Morgan fingerprint density at radius 3 is 2.77 bits per heavy atom. The SMILES string of the molecule is N/C=C(\C=S)C1=CCCN(c2ccnc(-c3cnc4cnc(C(F)(F)F)cn34)n2)C1. The van der Waals surface area contributed by atoms with Gasteiger partial charge in [-0.05, 0) is 18.1 Å². The third-order valence-corrected chi connectivity index (χ3v) is 4.96. The summed E-state index contributed by atoms with van der Waals surface area (Å²) in [6, 6.07) is 1.75. The number of nitrogens with two attached hydrogens (primary N) is 1. The molecule has 0 aliphatic carbocycles. The Hall–Kier alpha value is -3.34. The number of imidazole rings is 1. The van der Waals surface area contributed by atoms with Crippen molar-refractivity contribution < 1.29 is 13.2 Å². The number of aromatic nitrogens is 5. The van der Waals surface area contributed by atoms with Crippen LogP contribution in [0, 0.1) is 0 Å². The lowest BCUT2D eigenvalue weighted by Gasteiger charge is -2.28. The van der Waals surface area contributed by atoms with Crippen molar-refractivity contribution in [1.29, 1.82) is 0 Å². The second kappa shape index (κ2) is 7.82. The number of halogens is 3. The Labute approximate surface area is 174 Å². The molecule has 1 aliphatic rings. The average molecular weight is 431 g/mol. The van der Waals surface area contributed by atoms with Gasteiger partial charge in [-0.3, -0.25) is 4.40 Å². The van der Waals surface area contributed by atoms with Gasteiger partial charge in [-0.1, -0.05) is 18.3 Å². The van der Waals surface area contributed by atoms with Crippen LogP contribution in [0.4, 0.5) is 19.0 Å². The van der Waals surface area contributed by atoms with Gasteiger partial charge >= 0.3 is 6.18 Å². The fourth-order valence-corrected chi connectivity index (χ4v) is 3.45. The number of hydrogen-bond donors (Lipinski definition) is 1. The van der Waals surface area contributed by atoms with Gasteiger partial charge in [0.1, 0.15) is 11.5 Å². The van der Waals surface area contributed by atoms with E-state index in [4.69, 9.17) is 18.0 Å². The van der Waals surface area contributed by atoms with Crippen molar-refractivity contribution in [2.24, 2.45) is 5.73 Å². The van der Waals surface area contributed by atoms with Crippen molar-refractivity contribution >= 4 is 29.1 Å². The number of nitrogens with zero attached hydrogens (tertiary/aromatic N) is 6.